The first-order chi connectivity index (χ1) is 19.9. The van der Waals surface area contributed by atoms with Crippen LogP contribution in [0.2, 0.25) is 0 Å². The molecule has 0 spiro atoms. The summed E-state index contributed by atoms with van der Waals surface area (Å²) in [6.07, 6.45) is 1.25. The molecule has 0 aromatic heterocycles. The summed E-state index contributed by atoms with van der Waals surface area (Å²) in [5.41, 5.74) is 5.54. The molecule has 2 aliphatic carbocycles. The molecule has 0 bridgehead atoms. The summed E-state index contributed by atoms with van der Waals surface area (Å²) in [4.78, 5) is 37.6. The first kappa shape index (κ1) is 28.4. The smallest absolute Gasteiger partial charge is 0.407 e. The lowest BCUT2D eigenvalue weighted by Crippen LogP contribution is -2.49. The van der Waals surface area contributed by atoms with Crippen LogP contribution in [-0.2, 0) is 25.7 Å². The van der Waals surface area contributed by atoms with Gasteiger partial charge in [-0.15, -0.1) is 0 Å². The standard InChI is InChI=1S/C33H36N2O6/c1-21(40-19-22-10-3-2-4-11-22)31(32(37)38)35-30(36)18-23-12-9-17-29(23)34-33(39)41-20-28-26-15-7-5-13-24(26)25-14-6-8-16-27(25)28/h2-8,10-11,13-16,21,23,28-29,31H,9,12,17-20H2,1H3,(H,34,39)(H,35,36)(H,37,38)/t21-,23-,29+,31+/m0/s1. The van der Waals surface area contributed by atoms with E-state index < -0.39 is 24.2 Å². The zero-order valence-electron chi connectivity index (χ0n) is 23.1. The molecular weight excluding hydrogens is 520 g/mol. The number of carboxylic acids is 1. The van der Waals surface area contributed by atoms with E-state index in [0.29, 0.717) is 0 Å². The molecule has 2 aliphatic rings. The van der Waals surface area contributed by atoms with Gasteiger partial charge in [-0.25, -0.2) is 9.59 Å². The van der Waals surface area contributed by atoms with Crippen LogP contribution in [0.5, 0.6) is 0 Å². The Hall–Kier alpha value is -4.17. The van der Waals surface area contributed by atoms with Crippen LogP contribution in [-0.4, -0.2) is 47.9 Å². The Bertz CT molecular complexity index is 1330. The second-order valence-electron chi connectivity index (χ2n) is 10.9. The van der Waals surface area contributed by atoms with Gasteiger partial charge >= 0.3 is 12.1 Å². The summed E-state index contributed by atoms with van der Waals surface area (Å²) in [7, 11) is 0. The molecule has 41 heavy (non-hydrogen) atoms. The third kappa shape index (κ3) is 6.77. The number of ether oxygens (including phenoxy) is 2. The lowest BCUT2D eigenvalue weighted by atomic mass is 9.98. The van der Waals surface area contributed by atoms with Gasteiger partial charge in [-0.2, -0.15) is 0 Å². The van der Waals surface area contributed by atoms with E-state index >= 15 is 0 Å². The maximum Gasteiger partial charge on any atom is 0.407 e. The third-order valence-corrected chi connectivity index (χ3v) is 8.16. The van der Waals surface area contributed by atoms with Gasteiger partial charge in [0.2, 0.25) is 5.91 Å². The summed E-state index contributed by atoms with van der Waals surface area (Å²) in [5, 5.41) is 15.3. The fourth-order valence-corrected chi connectivity index (χ4v) is 6.01. The van der Waals surface area contributed by atoms with Crippen LogP contribution in [0.25, 0.3) is 11.1 Å². The monoisotopic (exact) mass is 556 g/mol. The Labute approximate surface area is 240 Å². The number of carbonyl (C=O) groups excluding carboxylic acids is 2. The van der Waals surface area contributed by atoms with Crippen molar-refractivity contribution in [1.82, 2.24) is 10.6 Å². The molecule has 0 heterocycles. The number of hydrogen-bond donors (Lipinski definition) is 3. The summed E-state index contributed by atoms with van der Waals surface area (Å²) in [6, 6.07) is 24.4. The molecule has 1 fully saturated rings. The maximum absolute atomic E-state index is 12.9. The van der Waals surface area contributed by atoms with Crippen LogP contribution in [0.4, 0.5) is 4.79 Å². The Morgan fingerprint density at radius 2 is 1.54 bits per heavy atom. The molecule has 5 rings (SSSR count). The zero-order chi connectivity index (χ0) is 28.8. The molecule has 214 valence electrons. The first-order valence-corrected chi connectivity index (χ1v) is 14.2. The quantitative estimate of drug-likeness (QED) is 0.297. The molecule has 0 saturated heterocycles. The minimum Gasteiger partial charge on any atom is -0.480 e. The number of rotatable bonds is 11. The largest absolute Gasteiger partial charge is 0.480 e. The van der Waals surface area contributed by atoms with Crippen LogP contribution in [0, 0.1) is 5.92 Å². The van der Waals surface area contributed by atoms with Gasteiger partial charge < -0.3 is 25.2 Å². The van der Waals surface area contributed by atoms with E-state index in [4.69, 9.17) is 9.47 Å². The van der Waals surface area contributed by atoms with Crippen molar-refractivity contribution in [1.29, 1.82) is 0 Å². The highest BCUT2D eigenvalue weighted by atomic mass is 16.5. The SMILES string of the molecule is C[C@H](OCc1ccccc1)[C@@H](NC(=O)C[C@@H]1CCC[C@H]1NC(=O)OCC1c2ccccc2-c2ccccc21)C(=O)O. The highest BCUT2D eigenvalue weighted by Gasteiger charge is 2.34. The van der Waals surface area contributed by atoms with Gasteiger partial charge in [0.05, 0.1) is 12.7 Å². The molecule has 1 saturated carbocycles. The molecule has 4 atom stereocenters. The van der Waals surface area contributed by atoms with Crippen LogP contribution in [0.15, 0.2) is 78.9 Å². The average molecular weight is 557 g/mol. The van der Waals surface area contributed by atoms with E-state index in [1.54, 1.807) is 6.92 Å². The van der Waals surface area contributed by atoms with E-state index in [2.05, 4.69) is 34.9 Å². The Balaban J connectivity index is 1.12. The van der Waals surface area contributed by atoms with Crippen LogP contribution < -0.4 is 10.6 Å². The summed E-state index contributed by atoms with van der Waals surface area (Å²) in [6.45, 7) is 2.11. The topological polar surface area (TPSA) is 114 Å². The van der Waals surface area contributed by atoms with Crippen molar-refractivity contribution >= 4 is 18.0 Å². The molecule has 3 N–H and O–H groups in total. The number of carbonyl (C=O) groups is 3. The molecule has 0 radical (unpaired) electrons. The highest BCUT2D eigenvalue weighted by molar-refractivity contribution is 5.84. The number of alkyl carbamates (subject to hydrolysis) is 1. The predicted molar refractivity (Wildman–Crippen MR) is 154 cm³/mol. The molecule has 2 amide bonds. The van der Waals surface area contributed by atoms with Crippen molar-refractivity contribution in [2.24, 2.45) is 5.92 Å². The summed E-state index contributed by atoms with van der Waals surface area (Å²) in [5.74, 6) is -1.67. The van der Waals surface area contributed by atoms with Gasteiger partial charge in [0.25, 0.3) is 0 Å². The fraction of sp³-hybridized carbons (Fsp3) is 0.364. The zero-order valence-corrected chi connectivity index (χ0v) is 23.1. The van der Waals surface area contributed by atoms with Crippen molar-refractivity contribution in [3.05, 3.63) is 95.6 Å². The van der Waals surface area contributed by atoms with Crippen molar-refractivity contribution in [3.63, 3.8) is 0 Å². The molecular formula is C33H36N2O6. The Kier molecular flexibility index (Phi) is 8.99. The number of nitrogens with one attached hydrogen (secondary N) is 2. The summed E-state index contributed by atoms with van der Waals surface area (Å²) >= 11 is 0. The number of carboxylic acid groups (broad SMARTS) is 1. The molecule has 8 heteroatoms. The maximum atomic E-state index is 12.9. The lowest BCUT2D eigenvalue weighted by molar-refractivity contribution is -0.146. The highest BCUT2D eigenvalue weighted by Crippen LogP contribution is 2.44. The minimum atomic E-state index is -1.18. The number of amides is 2. The lowest BCUT2D eigenvalue weighted by Gasteiger charge is -2.24. The van der Waals surface area contributed by atoms with E-state index in [9.17, 15) is 19.5 Å². The first-order valence-electron chi connectivity index (χ1n) is 14.2. The molecule has 3 aromatic carbocycles. The number of hydrogen-bond acceptors (Lipinski definition) is 5. The van der Waals surface area contributed by atoms with E-state index in [1.165, 1.54) is 11.1 Å². The van der Waals surface area contributed by atoms with Crippen LogP contribution >= 0.6 is 0 Å². The normalized spacial score (nSPS) is 19.0. The molecule has 8 nitrogen and oxygen atoms in total. The second kappa shape index (κ2) is 13.0. The van der Waals surface area contributed by atoms with Gasteiger partial charge in [-0.05, 0) is 53.5 Å². The molecule has 3 aromatic rings. The summed E-state index contributed by atoms with van der Waals surface area (Å²) < 4.78 is 11.4. The number of fused-ring (bicyclic) bond motifs is 3. The van der Waals surface area contributed by atoms with E-state index in [0.717, 1.165) is 36.0 Å². The van der Waals surface area contributed by atoms with Crippen LogP contribution in [0.3, 0.4) is 0 Å². The van der Waals surface area contributed by atoms with Crippen molar-refractivity contribution in [2.75, 3.05) is 6.61 Å². The van der Waals surface area contributed by atoms with Crippen molar-refractivity contribution in [3.8, 4) is 11.1 Å². The minimum absolute atomic E-state index is 0.0302. The Morgan fingerprint density at radius 3 is 2.20 bits per heavy atom. The van der Waals surface area contributed by atoms with Gasteiger partial charge in [0.1, 0.15) is 6.61 Å². The molecule has 0 unspecified atom stereocenters. The van der Waals surface area contributed by atoms with Gasteiger partial charge in [0, 0.05) is 18.4 Å². The second-order valence-corrected chi connectivity index (χ2v) is 10.9. The van der Waals surface area contributed by atoms with E-state index in [-0.39, 0.29) is 43.4 Å². The van der Waals surface area contributed by atoms with Crippen LogP contribution in [0.1, 0.15) is 55.2 Å². The fourth-order valence-electron chi connectivity index (χ4n) is 6.01. The molecule has 0 aliphatic heterocycles. The number of benzene rings is 3. The van der Waals surface area contributed by atoms with Crippen molar-refractivity contribution < 1.29 is 29.0 Å². The predicted octanol–water partition coefficient (Wildman–Crippen LogP) is 5.26. The van der Waals surface area contributed by atoms with E-state index in [1.807, 2.05) is 54.6 Å². The third-order valence-electron chi connectivity index (χ3n) is 8.16. The van der Waals surface area contributed by atoms with Crippen molar-refractivity contribution in [2.45, 2.75) is 63.3 Å². The average Bonchev–Trinajstić information content (AvgIpc) is 3.55. The van der Waals surface area contributed by atoms with Gasteiger partial charge in [-0.1, -0.05) is 85.3 Å². The van der Waals surface area contributed by atoms with Gasteiger partial charge in [-0.3, -0.25) is 4.79 Å². The Morgan fingerprint density at radius 1 is 0.902 bits per heavy atom. The van der Waals surface area contributed by atoms with Gasteiger partial charge in [0.15, 0.2) is 6.04 Å². The number of aliphatic carboxylic acids is 1.